The standard InChI is InChI=1S/C11H20N4O2/c1-2-10(16)5-6-13-11(17)4-3-7-15-9-12-8-14-15/h8-10,16H,2-7H2,1H3,(H,13,17). The Bertz CT molecular complexity index is 313. The smallest absolute Gasteiger partial charge is 0.220 e. The Labute approximate surface area is 101 Å². The molecule has 0 fully saturated rings. The van der Waals surface area contributed by atoms with Gasteiger partial charge in [0.1, 0.15) is 12.7 Å². The molecule has 1 atom stereocenters. The number of aliphatic hydroxyl groups excluding tert-OH is 1. The molecule has 6 heteroatoms. The third-order valence-corrected chi connectivity index (χ3v) is 2.53. The highest BCUT2D eigenvalue weighted by atomic mass is 16.3. The van der Waals surface area contributed by atoms with Gasteiger partial charge < -0.3 is 10.4 Å². The summed E-state index contributed by atoms with van der Waals surface area (Å²) in [6.07, 6.45) is 5.36. The average molecular weight is 240 g/mol. The first kappa shape index (κ1) is 13.6. The normalized spacial score (nSPS) is 12.4. The number of aliphatic hydroxyl groups is 1. The van der Waals surface area contributed by atoms with E-state index in [2.05, 4.69) is 15.4 Å². The molecule has 0 spiro atoms. The van der Waals surface area contributed by atoms with Crippen molar-refractivity contribution in [1.29, 1.82) is 0 Å². The van der Waals surface area contributed by atoms with Crippen LogP contribution in [0.5, 0.6) is 0 Å². The van der Waals surface area contributed by atoms with Crippen molar-refractivity contribution in [3.8, 4) is 0 Å². The summed E-state index contributed by atoms with van der Waals surface area (Å²) in [6.45, 7) is 3.16. The molecule has 6 nitrogen and oxygen atoms in total. The lowest BCUT2D eigenvalue weighted by Crippen LogP contribution is -2.27. The van der Waals surface area contributed by atoms with Crippen LogP contribution in [0.2, 0.25) is 0 Å². The SMILES string of the molecule is CCC(O)CCNC(=O)CCCn1cncn1. The van der Waals surface area contributed by atoms with E-state index in [1.54, 1.807) is 11.0 Å². The largest absolute Gasteiger partial charge is 0.393 e. The lowest BCUT2D eigenvalue weighted by atomic mass is 10.2. The monoisotopic (exact) mass is 240 g/mol. The Balaban J connectivity index is 2.01. The van der Waals surface area contributed by atoms with Crippen LogP contribution in [0.3, 0.4) is 0 Å². The molecule has 1 aromatic rings. The van der Waals surface area contributed by atoms with Gasteiger partial charge in [-0.2, -0.15) is 5.10 Å². The van der Waals surface area contributed by atoms with Gasteiger partial charge in [0.2, 0.25) is 5.91 Å². The molecule has 0 aromatic carbocycles. The number of aromatic nitrogens is 3. The maximum absolute atomic E-state index is 11.4. The van der Waals surface area contributed by atoms with Gasteiger partial charge >= 0.3 is 0 Å². The predicted molar refractivity (Wildman–Crippen MR) is 63.2 cm³/mol. The molecular weight excluding hydrogens is 220 g/mol. The van der Waals surface area contributed by atoms with E-state index in [1.807, 2.05) is 6.92 Å². The molecule has 1 unspecified atom stereocenters. The number of hydrogen-bond donors (Lipinski definition) is 2. The van der Waals surface area contributed by atoms with Crippen molar-refractivity contribution in [2.45, 2.75) is 45.3 Å². The number of nitrogens with zero attached hydrogens (tertiary/aromatic N) is 3. The van der Waals surface area contributed by atoms with E-state index in [-0.39, 0.29) is 12.0 Å². The highest BCUT2D eigenvalue weighted by Gasteiger charge is 2.03. The zero-order valence-corrected chi connectivity index (χ0v) is 10.2. The number of amides is 1. The van der Waals surface area contributed by atoms with Crippen molar-refractivity contribution >= 4 is 5.91 Å². The third-order valence-electron chi connectivity index (χ3n) is 2.53. The highest BCUT2D eigenvalue weighted by Crippen LogP contribution is 1.96. The molecule has 0 radical (unpaired) electrons. The van der Waals surface area contributed by atoms with E-state index in [0.29, 0.717) is 25.9 Å². The Kier molecular flexibility index (Phi) is 6.24. The summed E-state index contributed by atoms with van der Waals surface area (Å²) in [5, 5.41) is 16.0. The van der Waals surface area contributed by atoms with Gasteiger partial charge in [0.15, 0.2) is 0 Å². The molecule has 0 saturated heterocycles. The molecule has 0 aliphatic carbocycles. The molecule has 1 aromatic heterocycles. The van der Waals surface area contributed by atoms with Gasteiger partial charge in [-0.3, -0.25) is 9.48 Å². The first-order valence-corrected chi connectivity index (χ1v) is 5.99. The third kappa shape index (κ3) is 6.01. The van der Waals surface area contributed by atoms with Gasteiger partial charge in [0.25, 0.3) is 0 Å². The zero-order valence-electron chi connectivity index (χ0n) is 10.2. The number of hydrogen-bond acceptors (Lipinski definition) is 4. The summed E-state index contributed by atoms with van der Waals surface area (Å²) < 4.78 is 1.70. The number of nitrogens with one attached hydrogen (secondary N) is 1. The summed E-state index contributed by atoms with van der Waals surface area (Å²) in [7, 11) is 0. The number of carbonyl (C=O) groups excluding carboxylic acids is 1. The molecule has 2 N–H and O–H groups in total. The second-order valence-corrected chi connectivity index (χ2v) is 3.96. The fraction of sp³-hybridized carbons (Fsp3) is 0.727. The number of carbonyl (C=O) groups is 1. The fourth-order valence-electron chi connectivity index (χ4n) is 1.42. The zero-order chi connectivity index (χ0) is 12.5. The average Bonchev–Trinajstić information content (AvgIpc) is 2.82. The van der Waals surface area contributed by atoms with Crippen LogP contribution in [0.1, 0.15) is 32.6 Å². The lowest BCUT2D eigenvalue weighted by Gasteiger charge is -2.08. The van der Waals surface area contributed by atoms with Crippen LogP contribution >= 0.6 is 0 Å². The minimum absolute atomic E-state index is 0.0217. The van der Waals surface area contributed by atoms with Gasteiger partial charge in [0.05, 0.1) is 6.10 Å². The van der Waals surface area contributed by atoms with E-state index in [4.69, 9.17) is 0 Å². The molecule has 96 valence electrons. The molecule has 0 saturated carbocycles. The summed E-state index contributed by atoms with van der Waals surface area (Å²) in [6, 6.07) is 0. The van der Waals surface area contributed by atoms with E-state index >= 15 is 0 Å². The van der Waals surface area contributed by atoms with Crippen molar-refractivity contribution < 1.29 is 9.90 Å². The quantitative estimate of drug-likeness (QED) is 0.686. The number of aryl methyl sites for hydroxylation is 1. The van der Waals surface area contributed by atoms with Crippen LogP contribution in [0.4, 0.5) is 0 Å². The van der Waals surface area contributed by atoms with Gasteiger partial charge in [-0.25, -0.2) is 4.98 Å². The Morgan fingerprint density at radius 3 is 3.06 bits per heavy atom. The lowest BCUT2D eigenvalue weighted by molar-refractivity contribution is -0.121. The molecule has 1 rings (SSSR count). The maximum atomic E-state index is 11.4. The molecule has 1 heterocycles. The van der Waals surface area contributed by atoms with Crippen LogP contribution < -0.4 is 5.32 Å². The van der Waals surface area contributed by atoms with Crippen LogP contribution in [-0.4, -0.2) is 38.4 Å². The van der Waals surface area contributed by atoms with Gasteiger partial charge in [-0.1, -0.05) is 6.92 Å². The van der Waals surface area contributed by atoms with Crippen LogP contribution in [-0.2, 0) is 11.3 Å². The first-order chi connectivity index (χ1) is 8.22. The van der Waals surface area contributed by atoms with Crippen molar-refractivity contribution in [1.82, 2.24) is 20.1 Å². The topological polar surface area (TPSA) is 80.0 Å². The van der Waals surface area contributed by atoms with Gasteiger partial charge in [0, 0.05) is 19.5 Å². The van der Waals surface area contributed by atoms with E-state index in [0.717, 1.165) is 12.8 Å². The maximum Gasteiger partial charge on any atom is 0.220 e. The Morgan fingerprint density at radius 1 is 1.59 bits per heavy atom. The second-order valence-electron chi connectivity index (χ2n) is 3.96. The molecule has 0 bridgehead atoms. The summed E-state index contributed by atoms with van der Waals surface area (Å²) in [5.41, 5.74) is 0. The molecule has 17 heavy (non-hydrogen) atoms. The first-order valence-electron chi connectivity index (χ1n) is 5.99. The van der Waals surface area contributed by atoms with Gasteiger partial charge in [-0.05, 0) is 19.3 Å². The summed E-state index contributed by atoms with van der Waals surface area (Å²) >= 11 is 0. The molecule has 0 aliphatic rings. The highest BCUT2D eigenvalue weighted by molar-refractivity contribution is 5.75. The van der Waals surface area contributed by atoms with Crippen LogP contribution in [0.15, 0.2) is 12.7 Å². The Hall–Kier alpha value is -1.43. The Morgan fingerprint density at radius 2 is 2.41 bits per heavy atom. The fourth-order valence-corrected chi connectivity index (χ4v) is 1.42. The van der Waals surface area contributed by atoms with Crippen molar-refractivity contribution in [3.05, 3.63) is 12.7 Å². The second kappa shape index (κ2) is 7.78. The van der Waals surface area contributed by atoms with Crippen LogP contribution in [0, 0.1) is 0 Å². The van der Waals surface area contributed by atoms with Crippen molar-refractivity contribution in [2.75, 3.05) is 6.54 Å². The van der Waals surface area contributed by atoms with E-state index in [1.165, 1.54) is 6.33 Å². The van der Waals surface area contributed by atoms with Gasteiger partial charge in [-0.15, -0.1) is 0 Å². The predicted octanol–water partition coefficient (Wildman–Crippen LogP) is 0.335. The van der Waals surface area contributed by atoms with E-state index < -0.39 is 0 Å². The molecule has 0 aliphatic heterocycles. The summed E-state index contributed by atoms with van der Waals surface area (Å²) in [5.74, 6) is 0.0217. The van der Waals surface area contributed by atoms with Crippen LogP contribution in [0.25, 0.3) is 0 Å². The molecule has 1 amide bonds. The van der Waals surface area contributed by atoms with Crippen molar-refractivity contribution in [2.24, 2.45) is 0 Å². The summed E-state index contributed by atoms with van der Waals surface area (Å²) in [4.78, 5) is 15.2. The van der Waals surface area contributed by atoms with E-state index in [9.17, 15) is 9.90 Å². The minimum Gasteiger partial charge on any atom is -0.393 e. The molecular formula is C11H20N4O2. The van der Waals surface area contributed by atoms with Crippen molar-refractivity contribution in [3.63, 3.8) is 0 Å². The number of rotatable bonds is 8. The minimum atomic E-state index is -0.314.